The number of hydrogen-bond donors (Lipinski definition) is 2. The molecular formula is C10H10ClN3O. The third-order valence-corrected chi connectivity index (χ3v) is 2.14. The summed E-state index contributed by atoms with van der Waals surface area (Å²) in [5.74, 6) is -0.145. The zero-order valence-electron chi connectivity index (χ0n) is 8.17. The van der Waals surface area contributed by atoms with Crippen molar-refractivity contribution in [2.75, 3.05) is 18.9 Å². The third kappa shape index (κ3) is 3.15. The van der Waals surface area contributed by atoms with Crippen molar-refractivity contribution in [1.82, 2.24) is 5.32 Å². The summed E-state index contributed by atoms with van der Waals surface area (Å²) in [4.78, 5) is 11.0. The lowest BCUT2D eigenvalue weighted by Gasteiger charge is -2.07. The number of benzene rings is 1. The van der Waals surface area contributed by atoms with E-state index in [0.717, 1.165) is 0 Å². The Labute approximate surface area is 92.8 Å². The molecule has 1 rings (SSSR count). The van der Waals surface area contributed by atoms with Crippen LogP contribution in [0, 0.1) is 11.3 Å². The SMILES string of the molecule is CNC(=O)CNc1cc(C#N)ccc1Cl. The molecule has 5 heteroatoms. The maximum absolute atomic E-state index is 11.0. The van der Waals surface area contributed by atoms with Crippen LogP contribution in [-0.4, -0.2) is 19.5 Å². The maximum atomic E-state index is 11.0. The molecular weight excluding hydrogens is 214 g/mol. The van der Waals surface area contributed by atoms with Gasteiger partial charge >= 0.3 is 0 Å². The molecule has 0 aliphatic carbocycles. The standard InChI is InChI=1S/C10H10ClN3O/c1-13-10(15)6-14-9-4-7(5-12)2-3-8(9)11/h2-4,14H,6H2,1H3,(H,13,15). The molecule has 0 saturated heterocycles. The number of carbonyl (C=O) groups is 1. The van der Waals surface area contributed by atoms with Gasteiger partial charge in [0.15, 0.2) is 0 Å². The highest BCUT2D eigenvalue weighted by molar-refractivity contribution is 6.33. The number of amides is 1. The van der Waals surface area contributed by atoms with E-state index in [1.165, 1.54) is 0 Å². The summed E-state index contributed by atoms with van der Waals surface area (Å²) in [6.07, 6.45) is 0. The van der Waals surface area contributed by atoms with E-state index in [1.54, 1.807) is 25.2 Å². The quantitative estimate of drug-likeness (QED) is 0.814. The summed E-state index contributed by atoms with van der Waals surface area (Å²) in [6, 6.07) is 6.84. The smallest absolute Gasteiger partial charge is 0.239 e. The first-order valence-corrected chi connectivity index (χ1v) is 4.69. The average molecular weight is 224 g/mol. The number of rotatable bonds is 3. The number of hydrogen-bond acceptors (Lipinski definition) is 3. The predicted molar refractivity (Wildman–Crippen MR) is 58.7 cm³/mol. The number of nitriles is 1. The molecule has 1 aromatic rings. The summed E-state index contributed by atoms with van der Waals surface area (Å²) < 4.78 is 0. The molecule has 0 atom stereocenters. The van der Waals surface area contributed by atoms with Crippen LogP contribution in [-0.2, 0) is 4.79 Å². The van der Waals surface area contributed by atoms with Crippen LogP contribution in [0.4, 0.5) is 5.69 Å². The molecule has 0 heterocycles. The first kappa shape index (κ1) is 11.3. The summed E-state index contributed by atoms with van der Waals surface area (Å²) in [5.41, 5.74) is 1.08. The van der Waals surface area contributed by atoms with Crippen LogP contribution in [0.15, 0.2) is 18.2 Å². The fraction of sp³-hybridized carbons (Fsp3) is 0.200. The van der Waals surface area contributed by atoms with Gasteiger partial charge in [-0.25, -0.2) is 0 Å². The number of anilines is 1. The van der Waals surface area contributed by atoms with Crippen molar-refractivity contribution in [3.8, 4) is 6.07 Å². The van der Waals surface area contributed by atoms with Gasteiger partial charge in [0, 0.05) is 7.05 Å². The molecule has 0 aliphatic heterocycles. The highest BCUT2D eigenvalue weighted by atomic mass is 35.5. The molecule has 15 heavy (non-hydrogen) atoms. The number of nitrogens with one attached hydrogen (secondary N) is 2. The van der Waals surface area contributed by atoms with Crippen LogP contribution in [0.25, 0.3) is 0 Å². The maximum Gasteiger partial charge on any atom is 0.239 e. The van der Waals surface area contributed by atoms with Crippen LogP contribution in [0.5, 0.6) is 0 Å². The van der Waals surface area contributed by atoms with Gasteiger partial charge in [0.1, 0.15) is 0 Å². The molecule has 4 nitrogen and oxygen atoms in total. The fourth-order valence-corrected chi connectivity index (χ4v) is 1.18. The van der Waals surface area contributed by atoms with Crippen LogP contribution in [0.1, 0.15) is 5.56 Å². The van der Waals surface area contributed by atoms with Crippen molar-refractivity contribution in [2.24, 2.45) is 0 Å². The molecule has 78 valence electrons. The Hall–Kier alpha value is -1.73. The minimum Gasteiger partial charge on any atom is -0.375 e. The first-order chi connectivity index (χ1) is 7.17. The first-order valence-electron chi connectivity index (χ1n) is 4.31. The fourth-order valence-electron chi connectivity index (χ4n) is 0.994. The van der Waals surface area contributed by atoms with Gasteiger partial charge in [-0.3, -0.25) is 4.79 Å². The molecule has 1 aromatic carbocycles. The summed E-state index contributed by atoms with van der Waals surface area (Å²) >= 11 is 5.88. The van der Waals surface area contributed by atoms with Gasteiger partial charge in [0.2, 0.25) is 5.91 Å². The van der Waals surface area contributed by atoms with Crippen molar-refractivity contribution in [2.45, 2.75) is 0 Å². The second-order valence-corrected chi connectivity index (χ2v) is 3.24. The lowest BCUT2D eigenvalue weighted by molar-refractivity contribution is -0.118. The van der Waals surface area contributed by atoms with Gasteiger partial charge in [-0.1, -0.05) is 11.6 Å². The van der Waals surface area contributed by atoms with E-state index < -0.39 is 0 Å². The second kappa shape index (κ2) is 5.23. The van der Waals surface area contributed by atoms with Gasteiger partial charge < -0.3 is 10.6 Å². The molecule has 0 aliphatic rings. The van der Waals surface area contributed by atoms with E-state index in [9.17, 15) is 4.79 Å². The highest BCUT2D eigenvalue weighted by Crippen LogP contribution is 2.22. The van der Waals surface area contributed by atoms with Gasteiger partial charge in [0.25, 0.3) is 0 Å². The van der Waals surface area contributed by atoms with E-state index in [2.05, 4.69) is 10.6 Å². The van der Waals surface area contributed by atoms with E-state index >= 15 is 0 Å². The average Bonchev–Trinajstić information content (AvgIpc) is 2.27. The van der Waals surface area contributed by atoms with Crippen LogP contribution in [0.3, 0.4) is 0 Å². The van der Waals surface area contributed by atoms with E-state index in [-0.39, 0.29) is 12.5 Å². The minimum absolute atomic E-state index is 0.130. The van der Waals surface area contributed by atoms with Crippen molar-refractivity contribution < 1.29 is 4.79 Å². The molecule has 0 spiro atoms. The zero-order chi connectivity index (χ0) is 11.3. The molecule has 0 saturated carbocycles. The molecule has 0 bridgehead atoms. The van der Waals surface area contributed by atoms with E-state index in [0.29, 0.717) is 16.3 Å². The lowest BCUT2D eigenvalue weighted by atomic mass is 10.2. The second-order valence-electron chi connectivity index (χ2n) is 2.83. The molecule has 0 radical (unpaired) electrons. The Morgan fingerprint density at radius 3 is 2.93 bits per heavy atom. The number of halogens is 1. The number of nitrogens with zero attached hydrogens (tertiary/aromatic N) is 1. The Bertz CT molecular complexity index is 412. The monoisotopic (exact) mass is 223 g/mol. The van der Waals surface area contributed by atoms with Crippen molar-refractivity contribution >= 4 is 23.2 Å². The Morgan fingerprint density at radius 2 is 2.33 bits per heavy atom. The Balaban J connectivity index is 2.76. The lowest BCUT2D eigenvalue weighted by Crippen LogP contribution is -2.26. The predicted octanol–water partition coefficient (Wildman–Crippen LogP) is 1.37. The zero-order valence-corrected chi connectivity index (χ0v) is 8.93. The topological polar surface area (TPSA) is 64.9 Å². The molecule has 1 amide bonds. The third-order valence-electron chi connectivity index (χ3n) is 1.81. The van der Waals surface area contributed by atoms with Gasteiger partial charge in [-0.15, -0.1) is 0 Å². The number of likely N-dealkylation sites (N-methyl/N-ethyl adjacent to an activating group) is 1. The molecule has 0 aromatic heterocycles. The summed E-state index contributed by atoms with van der Waals surface area (Å²) in [7, 11) is 1.55. The van der Waals surface area contributed by atoms with Crippen molar-refractivity contribution in [1.29, 1.82) is 5.26 Å². The largest absolute Gasteiger partial charge is 0.375 e. The normalized spacial score (nSPS) is 9.13. The molecule has 0 fully saturated rings. The van der Waals surface area contributed by atoms with E-state index in [4.69, 9.17) is 16.9 Å². The van der Waals surface area contributed by atoms with Crippen LogP contribution >= 0.6 is 11.6 Å². The van der Waals surface area contributed by atoms with Crippen molar-refractivity contribution in [3.05, 3.63) is 28.8 Å². The Kier molecular flexibility index (Phi) is 3.95. The molecule has 0 unspecified atom stereocenters. The van der Waals surface area contributed by atoms with Gasteiger partial charge in [0.05, 0.1) is 28.9 Å². The highest BCUT2D eigenvalue weighted by Gasteiger charge is 2.03. The van der Waals surface area contributed by atoms with Gasteiger partial charge in [-0.2, -0.15) is 5.26 Å². The van der Waals surface area contributed by atoms with Crippen molar-refractivity contribution in [3.63, 3.8) is 0 Å². The van der Waals surface area contributed by atoms with Gasteiger partial charge in [-0.05, 0) is 18.2 Å². The summed E-state index contributed by atoms with van der Waals surface area (Å²) in [6.45, 7) is 0.130. The molecule has 2 N–H and O–H groups in total. The van der Waals surface area contributed by atoms with Crippen LogP contribution in [0.2, 0.25) is 5.02 Å². The number of carbonyl (C=O) groups excluding carboxylic acids is 1. The summed E-state index contributed by atoms with van der Waals surface area (Å²) in [5, 5.41) is 14.5. The Morgan fingerprint density at radius 1 is 1.60 bits per heavy atom. The minimum atomic E-state index is -0.145. The van der Waals surface area contributed by atoms with Crippen LogP contribution < -0.4 is 10.6 Å². The van der Waals surface area contributed by atoms with E-state index in [1.807, 2.05) is 6.07 Å².